The van der Waals surface area contributed by atoms with E-state index in [4.69, 9.17) is 5.73 Å². The van der Waals surface area contributed by atoms with Crippen molar-refractivity contribution in [2.75, 3.05) is 18.0 Å². The van der Waals surface area contributed by atoms with Gasteiger partial charge in [0.25, 0.3) is 0 Å². The van der Waals surface area contributed by atoms with Crippen LogP contribution in [0.5, 0.6) is 0 Å². The monoisotopic (exact) mass is 338 g/mol. The highest BCUT2D eigenvalue weighted by atomic mass is 32.2. The van der Waals surface area contributed by atoms with Gasteiger partial charge in [-0.1, -0.05) is 48.2 Å². The molecule has 2 aromatic carbocycles. The van der Waals surface area contributed by atoms with Crippen molar-refractivity contribution in [2.24, 2.45) is 15.9 Å². The number of hydrogen-bond acceptors (Lipinski definition) is 4. The summed E-state index contributed by atoms with van der Waals surface area (Å²) in [6.07, 6.45) is 2.87. The lowest BCUT2D eigenvalue weighted by molar-refractivity contribution is 0.868. The maximum absolute atomic E-state index is 5.90. The number of thioether (sulfide) groups is 1. The number of likely N-dealkylation sites (N-methyl/N-ethyl adjacent to an activating group) is 1. The van der Waals surface area contributed by atoms with Gasteiger partial charge in [0.15, 0.2) is 5.17 Å². The molecule has 0 fully saturated rings. The normalized spacial score (nSPS) is 14.4. The van der Waals surface area contributed by atoms with Gasteiger partial charge in [-0.2, -0.15) is 5.10 Å². The molecule has 3 rings (SSSR count). The van der Waals surface area contributed by atoms with Gasteiger partial charge in [-0.3, -0.25) is 0 Å². The third-order valence-electron chi connectivity index (χ3n) is 4.07. The van der Waals surface area contributed by atoms with Gasteiger partial charge in [-0.15, -0.1) is 5.10 Å². The molecule has 2 aromatic rings. The van der Waals surface area contributed by atoms with Gasteiger partial charge in [0.05, 0.1) is 6.21 Å². The molecule has 0 amide bonds. The zero-order valence-corrected chi connectivity index (χ0v) is 14.7. The van der Waals surface area contributed by atoms with E-state index in [9.17, 15) is 0 Å². The predicted octanol–water partition coefficient (Wildman–Crippen LogP) is 3.65. The number of anilines is 1. The molecule has 0 unspecified atom stereocenters. The van der Waals surface area contributed by atoms with Crippen LogP contribution in [-0.2, 0) is 12.2 Å². The second-order valence-electron chi connectivity index (χ2n) is 5.67. The van der Waals surface area contributed by atoms with Crippen LogP contribution in [0.1, 0.15) is 23.6 Å². The van der Waals surface area contributed by atoms with E-state index in [2.05, 4.69) is 52.4 Å². The van der Waals surface area contributed by atoms with Crippen molar-refractivity contribution in [3.63, 3.8) is 0 Å². The van der Waals surface area contributed by atoms with Crippen LogP contribution in [0.25, 0.3) is 0 Å². The molecular formula is C19H22N4S. The molecule has 0 atom stereocenters. The Morgan fingerprint density at radius 1 is 1.25 bits per heavy atom. The van der Waals surface area contributed by atoms with E-state index in [1.165, 1.54) is 28.6 Å². The first kappa shape index (κ1) is 16.6. The summed E-state index contributed by atoms with van der Waals surface area (Å²) in [6.45, 7) is 4.35. The van der Waals surface area contributed by atoms with Crippen LogP contribution in [0, 0.1) is 0 Å². The van der Waals surface area contributed by atoms with Crippen molar-refractivity contribution in [1.82, 2.24) is 0 Å². The molecule has 1 aliphatic rings. The lowest BCUT2D eigenvalue weighted by atomic mass is 10.1. The fraction of sp³-hybridized carbons (Fsp3) is 0.263. The van der Waals surface area contributed by atoms with Crippen molar-refractivity contribution in [3.8, 4) is 0 Å². The quantitative estimate of drug-likeness (QED) is 0.514. The Hall–Kier alpha value is -2.27. The van der Waals surface area contributed by atoms with Crippen LogP contribution in [-0.4, -0.2) is 24.5 Å². The molecule has 0 aliphatic carbocycles. The molecule has 0 radical (unpaired) electrons. The van der Waals surface area contributed by atoms with Crippen LogP contribution >= 0.6 is 11.8 Å². The minimum atomic E-state index is 0.480. The minimum absolute atomic E-state index is 0.480. The molecule has 5 heteroatoms. The Labute approximate surface area is 147 Å². The Kier molecular flexibility index (Phi) is 5.54. The van der Waals surface area contributed by atoms with Crippen molar-refractivity contribution >= 4 is 28.8 Å². The second-order valence-corrected chi connectivity index (χ2v) is 6.67. The molecule has 0 saturated heterocycles. The largest absolute Gasteiger partial charge is 0.377 e. The summed E-state index contributed by atoms with van der Waals surface area (Å²) in [5, 5.41) is 8.68. The average Bonchev–Trinajstić information content (AvgIpc) is 3.03. The van der Waals surface area contributed by atoms with Crippen LogP contribution < -0.4 is 10.6 Å². The molecular weight excluding hydrogens is 316 g/mol. The SMILES string of the molecule is CCN1CCc2cc(C=NN=C(N)SCc3ccccc3)ccc21. The zero-order valence-electron chi connectivity index (χ0n) is 13.9. The first-order valence-corrected chi connectivity index (χ1v) is 9.16. The van der Waals surface area contributed by atoms with E-state index in [1.54, 1.807) is 6.21 Å². The van der Waals surface area contributed by atoms with Crippen LogP contribution in [0.4, 0.5) is 5.69 Å². The molecule has 0 saturated carbocycles. The Balaban J connectivity index is 1.57. The van der Waals surface area contributed by atoms with Gasteiger partial charge < -0.3 is 10.6 Å². The molecule has 1 aliphatic heterocycles. The molecule has 0 aromatic heterocycles. The fourth-order valence-corrected chi connectivity index (χ4v) is 3.42. The van der Waals surface area contributed by atoms with Gasteiger partial charge in [-0.25, -0.2) is 0 Å². The minimum Gasteiger partial charge on any atom is -0.377 e. The predicted molar refractivity (Wildman–Crippen MR) is 105 cm³/mol. The molecule has 1 heterocycles. The number of amidine groups is 1. The van der Waals surface area contributed by atoms with Crippen LogP contribution in [0.3, 0.4) is 0 Å². The third-order valence-corrected chi connectivity index (χ3v) is 4.92. The molecule has 24 heavy (non-hydrogen) atoms. The summed E-state index contributed by atoms with van der Waals surface area (Å²) in [5.41, 5.74) is 10.9. The second kappa shape index (κ2) is 8.02. The topological polar surface area (TPSA) is 54.0 Å². The molecule has 4 nitrogen and oxygen atoms in total. The van der Waals surface area contributed by atoms with E-state index in [0.29, 0.717) is 5.17 Å². The Morgan fingerprint density at radius 3 is 2.88 bits per heavy atom. The molecule has 124 valence electrons. The van der Waals surface area contributed by atoms with Crippen molar-refractivity contribution in [2.45, 2.75) is 19.1 Å². The maximum Gasteiger partial charge on any atom is 0.180 e. The summed E-state index contributed by atoms with van der Waals surface area (Å²) in [5.74, 6) is 0.803. The van der Waals surface area contributed by atoms with Crippen LogP contribution in [0.2, 0.25) is 0 Å². The fourth-order valence-electron chi connectivity index (χ4n) is 2.81. The number of rotatable bonds is 5. The summed E-state index contributed by atoms with van der Waals surface area (Å²) in [6, 6.07) is 16.7. The summed E-state index contributed by atoms with van der Waals surface area (Å²) < 4.78 is 0. The van der Waals surface area contributed by atoms with Gasteiger partial charge in [0.1, 0.15) is 0 Å². The van der Waals surface area contributed by atoms with Gasteiger partial charge in [-0.05, 0) is 42.2 Å². The van der Waals surface area contributed by atoms with E-state index >= 15 is 0 Å². The summed E-state index contributed by atoms with van der Waals surface area (Å²) in [7, 11) is 0. The van der Waals surface area contributed by atoms with Crippen molar-refractivity contribution < 1.29 is 0 Å². The Morgan fingerprint density at radius 2 is 2.08 bits per heavy atom. The number of hydrogen-bond donors (Lipinski definition) is 1. The smallest absolute Gasteiger partial charge is 0.180 e. The number of nitrogens with zero attached hydrogens (tertiary/aromatic N) is 3. The summed E-state index contributed by atoms with van der Waals surface area (Å²) >= 11 is 1.50. The Bertz CT molecular complexity index is 740. The lowest BCUT2D eigenvalue weighted by Crippen LogP contribution is -2.18. The van der Waals surface area contributed by atoms with E-state index < -0.39 is 0 Å². The standard InChI is InChI=1S/C19H22N4S/c1-2-23-11-10-17-12-16(8-9-18(17)23)13-21-22-19(20)24-14-15-6-4-3-5-7-15/h3-9,12-13H,2,10-11,14H2,1H3,(H2,20,22). The highest BCUT2D eigenvalue weighted by molar-refractivity contribution is 8.13. The highest BCUT2D eigenvalue weighted by Crippen LogP contribution is 2.28. The highest BCUT2D eigenvalue weighted by Gasteiger charge is 2.16. The number of benzene rings is 2. The molecule has 2 N–H and O–H groups in total. The van der Waals surface area contributed by atoms with Gasteiger partial charge in [0, 0.05) is 24.5 Å². The van der Waals surface area contributed by atoms with Crippen molar-refractivity contribution in [1.29, 1.82) is 0 Å². The van der Waals surface area contributed by atoms with Gasteiger partial charge in [0.2, 0.25) is 0 Å². The van der Waals surface area contributed by atoms with E-state index in [0.717, 1.165) is 30.8 Å². The molecule has 0 spiro atoms. The van der Waals surface area contributed by atoms with E-state index in [1.807, 2.05) is 18.2 Å². The van der Waals surface area contributed by atoms with Crippen LogP contribution in [0.15, 0.2) is 58.7 Å². The zero-order chi connectivity index (χ0) is 16.8. The number of nitrogens with two attached hydrogens (primary N) is 1. The first-order chi connectivity index (χ1) is 11.8. The maximum atomic E-state index is 5.90. The van der Waals surface area contributed by atoms with E-state index in [-0.39, 0.29) is 0 Å². The van der Waals surface area contributed by atoms with Gasteiger partial charge >= 0.3 is 0 Å². The molecule has 0 bridgehead atoms. The lowest BCUT2D eigenvalue weighted by Gasteiger charge is -2.16. The average molecular weight is 338 g/mol. The first-order valence-electron chi connectivity index (χ1n) is 8.17. The number of fused-ring (bicyclic) bond motifs is 1. The third kappa shape index (κ3) is 4.17. The van der Waals surface area contributed by atoms with Crippen molar-refractivity contribution in [3.05, 3.63) is 65.2 Å². The summed E-state index contributed by atoms with van der Waals surface area (Å²) in [4.78, 5) is 2.40.